The first-order chi connectivity index (χ1) is 18.3. The molecule has 2 N–H and O–H groups in total. The molecule has 0 amide bonds. The van der Waals surface area contributed by atoms with E-state index in [0.717, 1.165) is 25.3 Å². The van der Waals surface area contributed by atoms with Crippen LogP contribution in [0.25, 0.3) is 0 Å². The van der Waals surface area contributed by atoms with Crippen molar-refractivity contribution in [1.29, 1.82) is 0 Å². The smallest absolute Gasteiger partial charge is 0.267 e. The van der Waals surface area contributed by atoms with Gasteiger partial charge >= 0.3 is 0 Å². The molecule has 2 atom stereocenters. The van der Waals surface area contributed by atoms with Gasteiger partial charge in [0.1, 0.15) is 0 Å². The summed E-state index contributed by atoms with van der Waals surface area (Å²) >= 11 is 0. The van der Waals surface area contributed by atoms with Crippen LogP contribution in [0, 0.1) is 0 Å². The van der Waals surface area contributed by atoms with Crippen molar-refractivity contribution in [2.24, 2.45) is 0 Å². The second-order valence-corrected chi connectivity index (χ2v) is 10.1. The number of aliphatic hydroxyl groups excluding tert-OH is 1. The maximum atomic E-state index is 12.3. The topological polar surface area (TPSA) is 106 Å². The lowest BCUT2D eigenvalue weighted by molar-refractivity contribution is 0.0244. The zero-order valence-electron chi connectivity index (χ0n) is 22.3. The zero-order valence-corrected chi connectivity index (χ0v) is 22.3. The lowest BCUT2D eigenvalue weighted by atomic mass is 10.1. The number of fused-ring (bicyclic) bond motifs is 1. The Morgan fingerprint density at radius 3 is 2.63 bits per heavy atom. The SMILES string of the molecule is C=CCN1C(O)c2cnc(Nc3ccc(N4CCN(C)[C@H](C)C4)cc3)nc2N1c1ccc(=O)n(C(C)C)n1. The quantitative estimate of drug-likeness (QED) is 0.454. The Hall–Kier alpha value is -3.80. The molecular weight excluding hydrogens is 482 g/mol. The number of aromatic nitrogens is 4. The fourth-order valence-corrected chi connectivity index (χ4v) is 4.81. The molecule has 2 aliphatic rings. The van der Waals surface area contributed by atoms with E-state index in [1.165, 1.54) is 16.4 Å². The Kier molecular flexibility index (Phi) is 7.15. The summed E-state index contributed by atoms with van der Waals surface area (Å²) in [5.41, 5.74) is 2.39. The second-order valence-electron chi connectivity index (χ2n) is 10.1. The van der Waals surface area contributed by atoms with Crippen molar-refractivity contribution in [1.82, 2.24) is 29.7 Å². The van der Waals surface area contributed by atoms with Crippen molar-refractivity contribution in [2.75, 3.05) is 48.5 Å². The Balaban J connectivity index is 1.42. The van der Waals surface area contributed by atoms with Crippen molar-refractivity contribution >= 4 is 29.0 Å². The average Bonchev–Trinajstić information content (AvgIpc) is 3.17. The summed E-state index contributed by atoms with van der Waals surface area (Å²) < 4.78 is 1.41. The van der Waals surface area contributed by atoms with Gasteiger partial charge in [0.15, 0.2) is 17.9 Å². The van der Waals surface area contributed by atoms with E-state index >= 15 is 0 Å². The number of nitrogens with zero attached hydrogens (tertiary/aromatic N) is 8. The normalized spacial score (nSPS) is 20.2. The lowest BCUT2D eigenvalue weighted by Gasteiger charge is -2.39. The van der Waals surface area contributed by atoms with Gasteiger partial charge in [-0.1, -0.05) is 6.08 Å². The molecule has 200 valence electrons. The minimum atomic E-state index is -0.983. The number of anilines is 5. The number of rotatable bonds is 7. The molecule has 0 saturated carbocycles. The molecule has 0 radical (unpaired) electrons. The molecule has 1 fully saturated rings. The van der Waals surface area contributed by atoms with Gasteiger partial charge in [-0.3, -0.25) is 4.79 Å². The van der Waals surface area contributed by atoms with Gasteiger partial charge in [-0.2, -0.15) is 9.99 Å². The summed E-state index contributed by atoms with van der Waals surface area (Å²) in [6.45, 7) is 13.2. The maximum absolute atomic E-state index is 12.3. The van der Waals surface area contributed by atoms with Crippen LogP contribution in [0.1, 0.15) is 38.6 Å². The molecule has 11 heteroatoms. The van der Waals surface area contributed by atoms with Gasteiger partial charge in [0, 0.05) is 55.9 Å². The highest BCUT2D eigenvalue weighted by Gasteiger charge is 2.39. The van der Waals surface area contributed by atoms with E-state index in [1.54, 1.807) is 28.4 Å². The van der Waals surface area contributed by atoms with E-state index < -0.39 is 6.23 Å². The first-order valence-electron chi connectivity index (χ1n) is 12.9. The molecule has 1 aromatic carbocycles. The predicted octanol–water partition coefficient (Wildman–Crippen LogP) is 3.04. The fraction of sp³-hybridized carbons (Fsp3) is 0.407. The minimum absolute atomic E-state index is 0.123. The number of aliphatic hydroxyl groups is 1. The molecular formula is C27H35N9O2. The second kappa shape index (κ2) is 10.5. The summed E-state index contributed by atoms with van der Waals surface area (Å²) in [6.07, 6.45) is 2.32. The van der Waals surface area contributed by atoms with Crippen LogP contribution in [0.15, 0.2) is 60.0 Å². The van der Waals surface area contributed by atoms with E-state index in [2.05, 4.69) is 57.9 Å². The Morgan fingerprint density at radius 2 is 1.95 bits per heavy atom. The van der Waals surface area contributed by atoms with Crippen LogP contribution in [0.3, 0.4) is 0 Å². The monoisotopic (exact) mass is 517 g/mol. The van der Waals surface area contributed by atoms with E-state index in [-0.39, 0.29) is 11.6 Å². The van der Waals surface area contributed by atoms with Crippen molar-refractivity contribution in [2.45, 2.75) is 39.1 Å². The van der Waals surface area contributed by atoms with Gasteiger partial charge in [0.05, 0.1) is 11.6 Å². The summed E-state index contributed by atoms with van der Waals surface area (Å²) in [7, 11) is 2.17. The van der Waals surface area contributed by atoms with Crippen LogP contribution in [-0.2, 0) is 0 Å². The van der Waals surface area contributed by atoms with Gasteiger partial charge in [-0.15, -0.1) is 11.7 Å². The lowest BCUT2D eigenvalue weighted by Crippen LogP contribution is -2.50. The molecule has 2 aromatic heterocycles. The number of piperazine rings is 1. The number of likely N-dealkylation sites (N-methyl/N-ethyl adjacent to an activating group) is 1. The van der Waals surface area contributed by atoms with E-state index in [9.17, 15) is 9.90 Å². The number of hydrazine groups is 1. The standard InChI is InChI=1S/C27H35N9O2/c1-6-13-34-26(38)22-16-28-27(30-25(22)36(34)23-11-12-24(37)35(31-23)18(2)3)29-20-7-9-21(10-8-20)33-15-14-32(5)19(4)17-33/h6-12,16,18-19,26,38H,1,13-15,17H2,2-5H3,(H,28,29,30)/t19-,26?/m1/s1. The molecule has 1 saturated heterocycles. The minimum Gasteiger partial charge on any atom is -0.372 e. The van der Waals surface area contributed by atoms with Crippen molar-refractivity contribution in [3.8, 4) is 0 Å². The number of benzene rings is 1. The molecule has 5 rings (SSSR count). The van der Waals surface area contributed by atoms with E-state index in [4.69, 9.17) is 4.98 Å². The highest BCUT2D eigenvalue weighted by molar-refractivity contribution is 5.65. The highest BCUT2D eigenvalue weighted by atomic mass is 16.3. The summed E-state index contributed by atoms with van der Waals surface area (Å²) in [6, 6.07) is 11.7. The highest BCUT2D eigenvalue weighted by Crippen LogP contribution is 2.41. The Labute approximate surface area is 222 Å². The van der Waals surface area contributed by atoms with Crippen LogP contribution in [0.2, 0.25) is 0 Å². The van der Waals surface area contributed by atoms with Gasteiger partial charge in [-0.05, 0) is 58.2 Å². The van der Waals surface area contributed by atoms with Crippen LogP contribution in [-0.4, -0.2) is 74.0 Å². The third kappa shape index (κ3) is 4.87. The molecule has 2 aliphatic heterocycles. The molecule has 3 aromatic rings. The van der Waals surface area contributed by atoms with Crippen LogP contribution >= 0.6 is 0 Å². The van der Waals surface area contributed by atoms with Crippen LogP contribution < -0.4 is 20.8 Å². The van der Waals surface area contributed by atoms with Gasteiger partial charge in [0.25, 0.3) is 5.56 Å². The van der Waals surface area contributed by atoms with E-state index in [1.807, 2.05) is 26.0 Å². The van der Waals surface area contributed by atoms with Crippen molar-refractivity contribution in [3.05, 3.63) is 71.2 Å². The molecule has 0 aliphatic carbocycles. The molecule has 11 nitrogen and oxygen atoms in total. The summed E-state index contributed by atoms with van der Waals surface area (Å²) in [4.78, 5) is 26.3. The molecule has 4 heterocycles. The largest absolute Gasteiger partial charge is 0.372 e. The third-order valence-electron chi connectivity index (χ3n) is 7.10. The molecule has 0 spiro atoms. The van der Waals surface area contributed by atoms with Crippen molar-refractivity contribution in [3.63, 3.8) is 0 Å². The maximum Gasteiger partial charge on any atom is 0.267 e. The first-order valence-corrected chi connectivity index (χ1v) is 12.9. The number of nitrogens with one attached hydrogen (secondary N) is 1. The van der Waals surface area contributed by atoms with Gasteiger partial charge in [0.2, 0.25) is 5.95 Å². The third-order valence-corrected chi connectivity index (χ3v) is 7.10. The number of hydrogen-bond acceptors (Lipinski definition) is 10. The molecule has 0 bridgehead atoms. The Morgan fingerprint density at radius 1 is 1.18 bits per heavy atom. The van der Waals surface area contributed by atoms with Crippen molar-refractivity contribution < 1.29 is 5.11 Å². The van der Waals surface area contributed by atoms with Crippen LogP contribution in [0.4, 0.5) is 29.0 Å². The van der Waals surface area contributed by atoms with Gasteiger partial charge in [-0.25, -0.2) is 14.7 Å². The molecule has 38 heavy (non-hydrogen) atoms. The summed E-state index contributed by atoms with van der Waals surface area (Å²) in [5, 5.41) is 22.3. The Bertz CT molecular complexity index is 1360. The van der Waals surface area contributed by atoms with E-state index in [0.29, 0.717) is 35.7 Å². The first kappa shape index (κ1) is 25.8. The fourth-order valence-electron chi connectivity index (χ4n) is 4.81. The average molecular weight is 518 g/mol. The zero-order chi connectivity index (χ0) is 27.0. The van der Waals surface area contributed by atoms with Crippen LogP contribution in [0.5, 0.6) is 0 Å². The molecule has 1 unspecified atom stereocenters. The summed E-state index contributed by atoms with van der Waals surface area (Å²) in [5.74, 6) is 1.34. The predicted molar refractivity (Wildman–Crippen MR) is 149 cm³/mol. The number of hydrogen-bond donors (Lipinski definition) is 2. The van der Waals surface area contributed by atoms with Gasteiger partial charge < -0.3 is 20.2 Å².